The summed E-state index contributed by atoms with van der Waals surface area (Å²) in [4.78, 5) is 11.5. The van der Waals surface area contributed by atoms with Gasteiger partial charge in [0.15, 0.2) is 0 Å². The van der Waals surface area contributed by atoms with E-state index in [1.807, 2.05) is 20.8 Å². The van der Waals surface area contributed by atoms with E-state index in [4.69, 9.17) is 4.74 Å². The van der Waals surface area contributed by atoms with Crippen molar-refractivity contribution in [2.75, 3.05) is 0 Å². The minimum Gasteiger partial charge on any atom is -0.459 e. The normalized spacial score (nSPS) is 28.6. The van der Waals surface area contributed by atoms with Crippen LogP contribution < -0.4 is 0 Å². The van der Waals surface area contributed by atoms with Gasteiger partial charge < -0.3 is 9.84 Å². The molecule has 1 aliphatic rings. The van der Waals surface area contributed by atoms with Crippen molar-refractivity contribution in [1.29, 1.82) is 0 Å². The molecular formula is C11H20O3. The van der Waals surface area contributed by atoms with Crippen LogP contribution >= 0.6 is 0 Å². The van der Waals surface area contributed by atoms with Crippen LogP contribution in [0.5, 0.6) is 0 Å². The number of esters is 1. The first kappa shape index (κ1) is 11.5. The lowest BCUT2D eigenvalue weighted by atomic mass is 9.93. The minimum absolute atomic E-state index is 0.219. The molecule has 0 aromatic heterocycles. The largest absolute Gasteiger partial charge is 0.459 e. The van der Waals surface area contributed by atoms with E-state index in [1.165, 1.54) is 0 Å². The Labute approximate surface area is 85.5 Å². The smallest absolute Gasteiger partial charge is 0.311 e. The Balaban J connectivity index is 2.46. The van der Waals surface area contributed by atoms with E-state index in [9.17, 15) is 9.90 Å². The monoisotopic (exact) mass is 200 g/mol. The fraction of sp³-hybridized carbons (Fsp3) is 0.909. The molecule has 1 saturated carbocycles. The molecule has 1 aliphatic carbocycles. The summed E-state index contributed by atoms with van der Waals surface area (Å²) >= 11 is 0. The summed E-state index contributed by atoms with van der Waals surface area (Å²) in [6, 6.07) is 0. The molecule has 0 aromatic carbocycles. The first-order valence-electron chi connectivity index (χ1n) is 5.30. The Morgan fingerprint density at radius 2 is 1.86 bits per heavy atom. The van der Waals surface area contributed by atoms with Crippen LogP contribution in [0.4, 0.5) is 0 Å². The third-order valence-corrected chi connectivity index (χ3v) is 2.54. The Kier molecular flexibility index (Phi) is 3.53. The van der Waals surface area contributed by atoms with E-state index in [0.29, 0.717) is 0 Å². The molecule has 82 valence electrons. The summed E-state index contributed by atoms with van der Waals surface area (Å²) in [6.45, 7) is 5.47. The van der Waals surface area contributed by atoms with E-state index >= 15 is 0 Å². The van der Waals surface area contributed by atoms with Crippen molar-refractivity contribution >= 4 is 5.97 Å². The lowest BCUT2D eigenvalue weighted by molar-refractivity contribution is -0.166. The van der Waals surface area contributed by atoms with Gasteiger partial charge in [0.2, 0.25) is 0 Å². The molecule has 0 saturated heterocycles. The quantitative estimate of drug-likeness (QED) is 0.657. The third kappa shape index (κ3) is 2.98. The van der Waals surface area contributed by atoms with Crippen molar-refractivity contribution in [3.8, 4) is 0 Å². The molecule has 14 heavy (non-hydrogen) atoms. The van der Waals surface area contributed by atoms with Gasteiger partial charge in [0.05, 0.1) is 11.5 Å². The molecule has 1 N–H and O–H groups in total. The van der Waals surface area contributed by atoms with Gasteiger partial charge in [0.25, 0.3) is 0 Å². The van der Waals surface area contributed by atoms with Gasteiger partial charge in [0, 0.05) is 0 Å². The van der Waals surface area contributed by atoms with Crippen LogP contribution in [0.1, 0.15) is 46.5 Å². The molecule has 0 bridgehead atoms. The van der Waals surface area contributed by atoms with E-state index < -0.39 is 11.5 Å². The van der Waals surface area contributed by atoms with Crippen LogP contribution in [-0.2, 0) is 9.53 Å². The molecule has 0 amide bonds. The molecular weight excluding hydrogens is 180 g/mol. The second kappa shape index (κ2) is 4.30. The summed E-state index contributed by atoms with van der Waals surface area (Å²) < 4.78 is 5.28. The zero-order chi connectivity index (χ0) is 10.8. The Morgan fingerprint density at radius 1 is 1.29 bits per heavy atom. The predicted molar refractivity (Wildman–Crippen MR) is 53.8 cm³/mol. The van der Waals surface area contributed by atoms with Crippen molar-refractivity contribution in [2.24, 2.45) is 5.41 Å². The molecule has 1 fully saturated rings. The number of aliphatic hydroxyl groups excluding tert-OH is 1. The Bertz CT molecular complexity index is 205. The SMILES string of the molecule is CC(C)(C)C(=O)O[C@@H]1CCCC[C@@H]1O. The van der Waals surface area contributed by atoms with Crippen molar-refractivity contribution in [3.05, 3.63) is 0 Å². The van der Waals surface area contributed by atoms with E-state index in [-0.39, 0.29) is 12.1 Å². The number of hydrogen-bond donors (Lipinski definition) is 1. The number of aliphatic hydroxyl groups is 1. The van der Waals surface area contributed by atoms with Gasteiger partial charge >= 0.3 is 5.97 Å². The second-order valence-electron chi connectivity index (χ2n) is 5.05. The van der Waals surface area contributed by atoms with Crippen LogP contribution in [0.2, 0.25) is 0 Å². The summed E-state index contributed by atoms with van der Waals surface area (Å²) in [6.07, 6.45) is 2.88. The lowest BCUT2D eigenvalue weighted by Crippen LogP contribution is -2.37. The van der Waals surface area contributed by atoms with Gasteiger partial charge in [-0.3, -0.25) is 4.79 Å². The summed E-state index contributed by atoms with van der Waals surface area (Å²) in [5.74, 6) is -0.219. The maximum Gasteiger partial charge on any atom is 0.311 e. The number of carbonyl (C=O) groups excluding carboxylic acids is 1. The van der Waals surface area contributed by atoms with Crippen LogP contribution in [0.25, 0.3) is 0 Å². The Morgan fingerprint density at radius 3 is 2.36 bits per heavy atom. The topological polar surface area (TPSA) is 46.5 Å². The molecule has 1 rings (SSSR count). The number of ether oxygens (including phenoxy) is 1. The zero-order valence-electron chi connectivity index (χ0n) is 9.25. The zero-order valence-corrected chi connectivity index (χ0v) is 9.25. The predicted octanol–water partition coefficient (Wildman–Crippen LogP) is 1.88. The first-order valence-corrected chi connectivity index (χ1v) is 5.30. The average Bonchev–Trinajstić information content (AvgIpc) is 2.07. The summed E-state index contributed by atoms with van der Waals surface area (Å²) in [5, 5.41) is 9.61. The molecule has 2 atom stereocenters. The molecule has 0 aliphatic heterocycles. The van der Waals surface area contributed by atoms with E-state index in [1.54, 1.807) is 0 Å². The standard InChI is InChI=1S/C11H20O3/c1-11(2,3)10(13)14-9-7-5-4-6-8(9)12/h8-9,12H,4-7H2,1-3H3/t8-,9+/m0/s1. The average molecular weight is 200 g/mol. The maximum atomic E-state index is 11.5. The van der Waals surface area contributed by atoms with Gasteiger partial charge in [-0.25, -0.2) is 0 Å². The fourth-order valence-electron chi connectivity index (χ4n) is 1.53. The molecule has 0 heterocycles. The second-order valence-corrected chi connectivity index (χ2v) is 5.05. The van der Waals surface area contributed by atoms with Crippen molar-refractivity contribution in [1.82, 2.24) is 0 Å². The van der Waals surface area contributed by atoms with Crippen molar-refractivity contribution in [3.63, 3.8) is 0 Å². The molecule has 0 aromatic rings. The molecule has 3 nitrogen and oxygen atoms in total. The lowest BCUT2D eigenvalue weighted by Gasteiger charge is -2.29. The summed E-state index contributed by atoms with van der Waals surface area (Å²) in [7, 11) is 0. The number of rotatable bonds is 1. The first-order chi connectivity index (χ1) is 6.41. The maximum absolute atomic E-state index is 11.5. The van der Waals surface area contributed by atoms with Gasteiger partial charge in [-0.15, -0.1) is 0 Å². The van der Waals surface area contributed by atoms with Gasteiger partial charge in [-0.05, 0) is 40.0 Å². The van der Waals surface area contributed by atoms with E-state index in [2.05, 4.69) is 0 Å². The number of hydrogen-bond acceptors (Lipinski definition) is 3. The molecule has 0 radical (unpaired) electrons. The highest BCUT2D eigenvalue weighted by molar-refractivity contribution is 5.75. The van der Waals surface area contributed by atoms with Gasteiger partial charge in [-0.1, -0.05) is 6.42 Å². The highest BCUT2D eigenvalue weighted by atomic mass is 16.6. The van der Waals surface area contributed by atoms with E-state index in [0.717, 1.165) is 25.7 Å². The number of carbonyl (C=O) groups is 1. The van der Waals surface area contributed by atoms with Crippen LogP contribution in [0, 0.1) is 5.41 Å². The third-order valence-electron chi connectivity index (χ3n) is 2.54. The fourth-order valence-corrected chi connectivity index (χ4v) is 1.53. The van der Waals surface area contributed by atoms with Crippen molar-refractivity contribution in [2.45, 2.75) is 58.7 Å². The van der Waals surface area contributed by atoms with Gasteiger partial charge in [0.1, 0.15) is 6.10 Å². The highest BCUT2D eigenvalue weighted by Gasteiger charge is 2.31. The molecule has 0 unspecified atom stereocenters. The van der Waals surface area contributed by atoms with Crippen LogP contribution in [-0.4, -0.2) is 23.3 Å². The van der Waals surface area contributed by atoms with Crippen LogP contribution in [0.3, 0.4) is 0 Å². The molecule has 3 heteroatoms. The minimum atomic E-state index is -0.475. The molecule has 0 spiro atoms. The van der Waals surface area contributed by atoms with Gasteiger partial charge in [-0.2, -0.15) is 0 Å². The summed E-state index contributed by atoms with van der Waals surface area (Å²) in [5.41, 5.74) is -0.475. The highest BCUT2D eigenvalue weighted by Crippen LogP contribution is 2.24. The Hall–Kier alpha value is -0.570. The van der Waals surface area contributed by atoms with Crippen LogP contribution in [0.15, 0.2) is 0 Å². The van der Waals surface area contributed by atoms with Crippen molar-refractivity contribution < 1.29 is 14.6 Å².